The van der Waals surface area contributed by atoms with Crippen molar-refractivity contribution in [3.05, 3.63) is 53.3 Å². The fraction of sp³-hybridized carbons (Fsp3) is 0.417. The number of carbonyl (C=O) groups excluding carboxylic acids is 2. The van der Waals surface area contributed by atoms with E-state index in [0.717, 1.165) is 11.0 Å². The number of benzene rings is 2. The highest BCUT2D eigenvalue weighted by molar-refractivity contribution is 7.91. The Morgan fingerprint density at radius 1 is 1.11 bits per heavy atom. The van der Waals surface area contributed by atoms with E-state index in [-0.39, 0.29) is 52.6 Å². The Bertz CT molecular complexity index is 1300. The number of alkyl halides is 2. The second-order valence-electron chi connectivity index (χ2n) is 9.66. The lowest BCUT2D eigenvalue weighted by atomic mass is 9.85. The van der Waals surface area contributed by atoms with Crippen molar-refractivity contribution in [1.29, 1.82) is 0 Å². The molecular formula is C24H25F3N2O5S. The number of amides is 2. The zero-order chi connectivity index (χ0) is 25.8. The molecule has 188 valence electrons. The van der Waals surface area contributed by atoms with Crippen LogP contribution < -0.4 is 15.0 Å². The molecule has 0 bridgehead atoms. The fourth-order valence-corrected chi connectivity index (χ4v) is 6.16. The van der Waals surface area contributed by atoms with Crippen LogP contribution >= 0.6 is 0 Å². The summed E-state index contributed by atoms with van der Waals surface area (Å²) in [5.41, 5.74) is -1.64. The number of ether oxygens (including phenoxy) is 1. The van der Waals surface area contributed by atoms with Crippen LogP contribution in [0.1, 0.15) is 49.5 Å². The summed E-state index contributed by atoms with van der Waals surface area (Å²) < 4.78 is 68.7. The minimum atomic E-state index is -3.14. The van der Waals surface area contributed by atoms with E-state index in [0.29, 0.717) is 0 Å². The molecule has 1 saturated heterocycles. The van der Waals surface area contributed by atoms with Gasteiger partial charge >= 0.3 is 6.61 Å². The number of anilines is 2. The average Bonchev–Trinajstić information content (AvgIpc) is 2.97. The van der Waals surface area contributed by atoms with Gasteiger partial charge in [-0.05, 0) is 63.4 Å². The van der Waals surface area contributed by atoms with E-state index < -0.39 is 45.0 Å². The maximum Gasteiger partial charge on any atom is 0.387 e. The minimum Gasteiger partial charge on any atom is -0.435 e. The van der Waals surface area contributed by atoms with Crippen LogP contribution in [-0.2, 0) is 20.0 Å². The smallest absolute Gasteiger partial charge is 0.387 e. The molecule has 0 radical (unpaired) electrons. The number of fused-ring (bicyclic) bond motifs is 1. The molecule has 2 aromatic carbocycles. The molecule has 2 aliphatic heterocycles. The van der Waals surface area contributed by atoms with Gasteiger partial charge in [0.15, 0.2) is 0 Å². The monoisotopic (exact) mass is 510 g/mol. The molecule has 35 heavy (non-hydrogen) atoms. The molecular weight excluding hydrogens is 485 g/mol. The molecule has 2 aliphatic rings. The van der Waals surface area contributed by atoms with Gasteiger partial charge < -0.3 is 10.1 Å². The molecule has 0 aromatic heterocycles. The second-order valence-corrected chi connectivity index (χ2v) is 12.0. The predicted octanol–water partition coefficient (Wildman–Crippen LogP) is 4.08. The van der Waals surface area contributed by atoms with Crippen molar-refractivity contribution in [2.75, 3.05) is 16.4 Å². The summed E-state index contributed by atoms with van der Waals surface area (Å²) in [5.74, 6) is -2.19. The first-order valence-electron chi connectivity index (χ1n) is 11.0. The van der Waals surface area contributed by atoms with Gasteiger partial charge in [0, 0.05) is 17.2 Å². The highest BCUT2D eigenvalue weighted by atomic mass is 32.2. The van der Waals surface area contributed by atoms with Gasteiger partial charge in [-0.1, -0.05) is 6.07 Å². The maximum absolute atomic E-state index is 15.4. The van der Waals surface area contributed by atoms with Gasteiger partial charge in [-0.15, -0.1) is 0 Å². The van der Waals surface area contributed by atoms with Crippen LogP contribution in [0.5, 0.6) is 5.75 Å². The Hall–Kier alpha value is -3.08. The number of hydrogen-bond acceptors (Lipinski definition) is 5. The maximum atomic E-state index is 15.4. The molecule has 11 heteroatoms. The van der Waals surface area contributed by atoms with E-state index in [1.165, 1.54) is 30.3 Å². The Labute approximate surface area is 201 Å². The van der Waals surface area contributed by atoms with Crippen LogP contribution in [0.3, 0.4) is 0 Å². The summed E-state index contributed by atoms with van der Waals surface area (Å²) in [7, 11) is -3.14. The lowest BCUT2D eigenvalue weighted by molar-refractivity contribution is -0.121. The molecule has 0 saturated carbocycles. The normalized spacial score (nSPS) is 20.0. The van der Waals surface area contributed by atoms with Crippen molar-refractivity contribution >= 4 is 33.0 Å². The molecule has 2 heterocycles. The Morgan fingerprint density at radius 2 is 1.77 bits per heavy atom. The average molecular weight is 511 g/mol. The van der Waals surface area contributed by atoms with Crippen molar-refractivity contribution < 1.29 is 35.9 Å². The van der Waals surface area contributed by atoms with E-state index in [2.05, 4.69) is 10.1 Å². The van der Waals surface area contributed by atoms with Crippen molar-refractivity contribution in [3.8, 4) is 5.75 Å². The number of sulfone groups is 1. The number of nitrogens with zero attached hydrogens (tertiary/aromatic N) is 1. The van der Waals surface area contributed by atoms with Gasteiger partial charge in [0.2, 0.25) is 5.91 Å². The first-order valence-corrected chi connectivity index (χ1v) is 12.8. The summed E-state index contributed by atoms with van der Waals surface area (Å²) >= 11 is 0. The third-order valence-corrected chi connectivity index (χ3v) is 8.26. The van der Waals surface area contributed by atoms with Crippen LogP contribution in [0.2, 0.25) is 0 Å². The summed E-state index contributed by atoms with van der Waals surface area (Å²) in [4.78, 5) is 27.4. The van der Waals surface area contributed by atoms with Crippen LogP contribution in [0.25, 0.3) is 0 Å². The van der Waals surface area contributed by atoms with Gasteiger partial charge in [-0.3, -0.25) is 14.5 Å². The van der Waals surface area contributed by atoms with E-state index >= 15 is 4.39 Å². The number of hydrogen-bond donors (Lipinski definition) is 1. The van der Waals surface area contributed by atoms with Gasteiger partial charge in [-0.2, -0.15) is 8.78 Å². The van der Waals surface area contributed by atoms with Crippen LogP contribution in [0.15, 0.2) is 36.4 Å². The molecule has 4 rings (SSSR count). The first kappa shape index (κ1) is 25.0. The molecule has 0 spiro atoms. The highest BCUT2D eigenvalue weighted by Crippen LogP contribution is 2.47. The molecule has 1 N–H and O–H groups in total. The molecule has 7 nitrogen and oxygen atoms in total. The van der Waals surface area contributed by atoms with Crippen LogP contribution in [-0.4, -0.2) is 43.9 Å². The molecule has 0 aliphatic carbocycles. The Kier molecular flexibility index (Phi) is 6.11. The number of carbonyl (C=O) groups is 2. The van der Waals surface area contributed by atoms with Gasteiger partial charge in [-0.25, -0.2) is 12.8 Å². The second kappa shape index (κ2) is 8.54. The highest BCUT2D eigenvalue weighted by Gasteiger charge is 2.47. The van der Waals surface area contributed by atoms with Crippen molar-refractivity contribution in [3.63, 3.8) is 0 Å². The third-order valence-electron chi connectivity index (χ3n) is 6.61. The molecule has 0 atom stereocenters. The van der Waals surface area contributed by atoms with E-state index in [1.807, 2.05) is 0 Å². The van der Waals surface area contributed by atoms with Crippen molar-refractivity contribution in [1.82, 2.24) is 5.32 Å². The quantitative estimate of drug-likeness (QED) is 0.655. The summed E-state index contributed by atoms with van der Waals surface area (Å²) in [6.45, 7) is 1.85. The fourth-order valence-electron chi connectivity index (χ4n) is 4.44. The first-order chi connectivity index (χ1) is 16.2. The lowest BCUT2D eigenvalue weighted by Crippen LogP contribution is -2.51. The largest absolute Gasteiger partial charge is 0.435 e. The van der Waals surface area contributed by atoms with Gasteiger partial charge in [0.05, 0.1) is 28.3 Å². The number of rotatable bonds is 5. The molecule has 0 unspecified atom stereocenters. The third kappa shape index (κ3) is 4.73. The lowest BCUT2D eigenvalue weighted by Gasteiger charge is -2.34. The van der Waals surface area contributed by atoms with Gasteiger partial charge in [0.1, 0.15) is 21.4 Å². The van der Waals surface area contributed by atoms with Gasteiger partial charge in [0.25, 0.3) is 5.91 Å². The van der Waals surface area contributed by atoms with E-state index in [1.54, 1.807) is 20.8 Å². The summed E-state index contributed by atoms with van der Waals surface area (Å²) in [5, 5.41) is 2.82. The number of halogens is 3. The molecule has 2 aromatic rings. The topological polar surface area (TPSA) is 92.8 Å². The standard InChI is InChI=1S/C24H25F3N2O5S/c1-23(2)17-11-14(20(30)28-24(3)7-9-35(32,33)10-8-24)12-18(25)19(17)29(21(23)31)15-5-4-6-16(13-15)34-22(26)27/h4-6,11-13,22H,7-10H2,1-3H3,(H,28,30). The summed E-state index contributed by atoms with van der Waals surface area (Å²) in [6, 6.07) is 7.85. The number of nitrogens with one attached hydrogen (secondary N) is 1. The van der Waals surface area contributed by atoms with Crippen molar-refractivity contribution in [2.24, 2.45) is 0 Å². The van der Waals surface area contributed by atoms with Crippen molar-refractivity contribution in [2.45, 2.75) is 51.2 Å². The Balaban J connectivity index is 1.69. The zero-order valence-corrected chi connectivity index (χ0v) is 20.2. The predicted molar refractivity (Wildman–Crippen MR) is 123 cm³/mol. The summed E-state index contributed by atoms with van der Waals surface area (Å²) in [6.07, 6.45) is 0.479. The minimum absolute atomic E-state index is 0.00610. The van der Waals surface area contributed by atoms with E-state index in [9.17, 15) is 26.8 Å². The van der Waals surface area contributed by atoms with Crippen LogP contribution in [0.4, 0.5) is 24.5 Å². The zero-order valence-electron chi connectivity index (χ0n) is 19.4. The van der Waals surface area contributed by atoms with Crippen LogP contribution in [0, 0.1) is 5.82 Å². The Morgan fingerprint density at radius 3 is 2.40 bits per heavy atom. The van der Waals surface area contributed by atoms with E-state index in [4.69, 9.17) is 0 Å². The SMILES string of the molecule is CC1(NC(=O)c2cc(F)c3c(c2)C(C)(C)C(=O)N3c2cccc(OC(F)F)c2)CCS(=O)(=O)CC1. The molecule has 1 fully saturated rings. The molecule has 2 amide bonds.